The van der Waals surface area contributed by atoms with Crippen molar-refractivity contribution in [3.05, 3.63) is 62.5 Å². The van der Waals surface area contributed by atoms with E-state index in [4.69, 9.17) is 5.26 Å². The van der Waals surface area contributed by atoms with Crippen molar-refractivity contribution >= 4 is 21.6 Å². The first-order chi connectivity index (χ1) is 10.1. The molecule has 3 rings (SSSR count). The van der Waals surface area contributed by atoms with Gasteiger partial charge in [0, 0.05) is 4.88 Å². The van der Waals surface area contributed by atoms with E-state index >= 15 is 0 Å². The highest BCUT2D eigenvalue weighted by atomic mass is 32.1. The smallest absolute Gasteiger partial charge is 0.262 e. The Labute approximate surface area is 125 Å². The number of thiophene rings is 1. The van der Waals surface area contributed by atoms with Gasteiger partial charge in [0.2, 0.25) is 0 Å². The SMILES string of the molecule is Cc1sc2ncn(Cc3cccc(C#N)c3)c(=O)c2c1C. The van der Waals surface area contributed by atoms with E-state index in [0.717, 1.165) is 20.8 Å². The van der Waals surface area contributed by atoms with Crippen LogP contribution >= 0.6 is 11.3 Å². The topological polar surface area (TPSA) is 58.7 Å². The molecule has 0 atom stereocenters. The second-order valence-corrected chi connectivity index (χ2v) is 6.16. The maximum absolute atomic E-state index is 12.6. The Balaban J connectivity index is 2.09. The highest BCUT2D eigenvalue weighted by molar-refractivity contribution is 7.18. The summed E-state index contributed by atoms with van der Waals surface area (Å²) in [7, 11) is 0. The predicted octanol–water partition coefficient (Wildman–Crippen LogP) is 2.99. The first kappa shape index (κ1) is 13.5. The largest absolute Gasteiger partial charge is 0.294 e. The Hall–Kier alpha value is -2.45. The molecule has 0 amide bonds. The van der Waals surface area contributed by atoms with Crippen molar-refractivity contribution in [2.45, 2.75) is 20.4 Å². The highest BCUT2D eigenvalue weighted by Crippen LogP contribution is 2.25. The van der Waals surface area contributed by atoms with Gasteiger partial charge in [-0.3, -0.25) is 9.36 Å². The fourth-order valence-corrected chi connectivity index (χ4v) is 3.31. The summed E-state index contributed by atoms with van der Waals surface area (Å²) in [6.07, 6.45) is 1.58. The van der Waals surface area contributed by atoms with Gasteiger partial charge in [0.05, 0.1) is 29.9 Å². The predicted molar refractivity (Wildman–Crippen MR) is 83.6 cm³/mol. The number of hydrogen-bond acceptors (Lipinski definition) is 4. The fraction of sp³-hybridized carbons (Fsp3) is 0.188. The van der Waals surface area contributed by atoms with E-state index in [9.17, 15) is 4.79 Å². The molecule has 1 aromatic carbocycles. The van der Waals surface area contributed by atoms with Crippen LogP contribution in [0.25, 0.3) is 10.2 Å². The second kappa shape index (κ2) is 5.15. The van der Waals surface area contributed by atoms with Gasteiger partial charge in [0.1, 0.15) is 4.83 Å². The molecular formula is C16H13N3OS. The number of nitriles is 1. The van der Waals surface area contributed by atoms with Gasteiger partial charge in [-0.25, -0.2) is 4.98 Å². The molecule has 4 nitrogen and oxygen atoms in total. The summed E-state index contributed by atoms with van der Waals surface area (Å²) in [5.74, 6) is 0. The average molecular weight is 295 g/mol. The number of nitrogens with zero attached hydrogens (tertiary/aromatic N) is 3. The number of benzene rings is 1. The Morgan fingerprint density at radius 3 is 2.95 bits per heavy atom. The Bertz CT molecular complexity index is 931. The number of aryl methyl sites for hydroxylation is 2. The van der Waals surface area contributed by atoms with Crippen LogP contribution in [-0.2, 0) is 6.54 Å². The van der Waals surface area contributed by atoms with Gasteiger partial charge in [-0.05, 0) is 37.1 Å². The quantitative estimate of drug-likeness (QED) is 0.730. The van der Waals surface area contributed by atoms with E-state index in [2.05, 4.69) is 11.1 Å². The van der Waals surface area contributed by atoms with Gasteiger partial charge in [-0.2, -0.15) is 5.26 Å². The van der Waals surface area contributed by atoms with Crippen LogP contribution in [0, 0.1) is 25.2 Å². The molecule has 0 saturated heterocycles. The van der Waals surface area contributed by atoms with Crippen LogP contribution in [0.3, 0.4) is 0 Å². The molecule has 0 aliphatic heterocycles. The number of fused-ring (bicyclic) bond motifs is 1. The van der Waals surface area contributed by atoms with E-state index < -0.39 is 0 Å². The molecular weight excluding hydrogens is 282 g/mol. The van der Waals surface area contributed by atoms with Crippen molar-refractivity contribution in [3.63, 3.8) is 0 Å². The first-order valence-corrected chi connectivity index (χ1v) is 7.36. The van der Waals surface area contributed by atoms with Crippen LogP contribution in [-0.4, -0.2) is 9.55 Å². The Kier molecular flexibility index (Phi) is 3.32. The lowest BCUT2D eigenvalue weighted by Gasteiger charge is -2.06. The van der Waals surface area contributed by atoms with Crippen molar-refractivity contribution in [2.75, 3.05) is 0 Å². The third-order valence-corrected chi connectivity index (χ3v) is 4.68. The number of hydrogen-bond donors (Lipinski definition) is 0. The minimum atomic E-state index is -0.0239. The number of rotatable bonds is 2. The Morgan fingerprint density at radius 1 is 1.38 bits per heavy atom. The van der Waals surface area contributed by atoms with E-state index in [1.165, 1.54) is 0 Å². The minimum Gasteiger partial charge on any atom is -0.294 e. The molecule has 0 saturated carbocycles. The molecule has 2 heterocycles. The van der Waals surface area contributed by atoms with Gasteiger partial charge in [-0.1, -0.05) is 12.1 Å². The van der Waals surface area contributed by atoms with E-state index in [1.54, 1.807) is 34.4 Å². The lowest BCUT2D eigenvalue weighted by atomic mass is 10.1. The summed E-state index contributed by atoms with van der Waals surface area (Å²) < 4.78 is 1.60. The summed E-state index contributed by atoms with van der Waals surface area (Å²) >= 11 is 1.55. The lowest BCUT2D eigenvalue weighted by molar-refractivity contribution is 0.749. The van der Waals surface area contributed by atoms with Crippen LogP contribution in [0.1, 0.15) is 21.6 Å². The Morgan fingerprint density at radius 2 is 2.19 bits per heavy atom. The third-order valence-electron chi connectivity index (χ3n) is 3.56. The summed E-state index contributed by atoms with van der Waals surface area (Å²) in [4.78, 5) is 18.9. The zero-order chi connectivity index (χ0) is 15.0. The zero-order valence-electron chi connectivity index (χ0n) is 11.8. The molecule has 0 N–H and O–H groups in total. The van der Waals surface area contributed by atoms with E-state index in [0.29, 0.717) is 17.5 Å². The summed E-state index contributed by atoms with van der Waals surface area (Å²) in [5.41, 5.74) is 2.50. The molecule has 0 aliphatic carbocycles. The van der Waals surface area contributed by atoms with Crippen LogP contribution in [0.2, 0.25) is 0 Å². The van der Waals surface area contributed by atoms with Gasteiger partial charge in [0.25, 0.3) is 5.56 Å². The molecule has 0 bridgehead atoms. The third kappa shape index (κ3) is 2.34. The van der Waals surface area contributed by atoms with Crippen LogP contribution in [0.15, 0.2) is 35.4 Å². The van der Waals surface area contributed by atoms with E-state index in [-0.39, 0.29) is 5.56 Å². The summed E-state index contributed by atoms with van der Waals surface area (Å²) in [6.45, 7) is 4.38. The monoisotopic (exact) mass is 295 g/mol. The second-order valence-electron chi connectivity index (χ2n) is 4.95. The molecule has 0 fully saturated rings. The first-order valence-electron chi connectivity index (χ1n) is 6.54. The highest BCUT2D eigenvalue weighted by Gasteiger charge is 2.12. The molecule has 0 radical (unpaired) electrons. The molecule has 0 aliphatic rings. The molecule has 3 aromatic rings. The van der Waals surface area contributed by atoms with Gasteiger partial charge in [-0.15, -0.1) is 11.3 Å². The van der Waals surface area contributed by atoms with E-state index in [1.807, 2.05) is 26.0 Å². The molecule has 21 heavy (non-hydrogen) atoms. The van der Waals surface area contributed by atoms with Crippen LogP contribution in [0.5, 0.6) is 0 Å². The lowest BCUT2D eigenvalue weighted by Crippen LogP contribution is -2.21. The minimum absolute atomic E-state index is 0.0239. The van der Waals surface area contributed by atoms with Crippen molar-refractivity contribution in [1.82, 2.24) is 9.55 Å². The zero-order valence-corrected chi connectivity index (χ0v) is 12.6. The van der Waals surface area contributed by atoms with Crippen molar-refractivity contribution in [1.29, 1.82) is 5.26 Å². The molecule has 2 aromatic heterocycles. The van der Waals surface area contributed by atoms with Crippen molar-refractivity contribution in [3.8, 4) is 6.07 Å². The molecule has 0 unspecified atom stereocenters. The summed E-state index contributed by atoms with van der Waals surface area (Å²) in [6, 6.07) is 9.38. The van der Waals surface area contributed by atoms with Gasteiger partial charge in [0.15, 0.2) is 0 Å². The van der Waals surface area contributed by atoms with Crippen molar-refractivity contribution in [2.24, 2.45) is 0 Å². The average Bonchev–Trinajstić information content (AvgIpc) is 2.78. The van der Waals surface area contributed by atoms with Gasteiger partial charge >= 0.3 is 0 Å². The van der Waals surface area contributed by atoms with Crippen LogP contribution < -0.4 is 5.56 Å². The molecule has 0 spiro atoms. The number of aromatic nitrogens is 2. The summed E-state index contributed by atoms with van der Waals surface area (Å²) in [5, 5.41) is 9.64. The van der Waals surface area contributed by atoms with Gasteiger partial charge < -0.3 is 0 Å². The maximum Gasteiger partial charge on any atom is 0.262 e. The van der Waals surface area contributed by atoms with Crippen LogP contribution in [0.4, 0.5) is 0 Å². The maximum atomic E-state index is 12.6. The normalized spacial score (nSPS) is 10.7. The fourth-order valence-electron chi connectivity index (χ4n) is 2.32. The molecule has 5 heteroatoms. The van der Waals surface area contributed by atoms with Crippen molar-refractivity contribution < 1.29 is 0 Å². The molecule has 104 valence electrons. The standard InChI is InChI=1S/C16H13N3OS/c1-10-11(2)21-15-14(10)16(20)19(9-18-15)8-13-5-3-4-12(6-13)7-17/h3-6,9H,8H2,1-2H3.